The minimum atomic E-state index is 0.444. The molecule has 5 nitrogen and oxygen atoms in total. The minimum absolute atomic E-state index is 0.444. The number of aromatic nitrogens is 2. The van der Waals surface area contributed by atoms with E-state index in [0.717, 1.165) is 56.2 Å². The molecule has 22 heavy (non-hydrogen) atoms. The molecule has 0 radical (unpaired) electrons. The van der Waals surface area contributed by atoms with Crippen LogP contribution in [-0.2, 0) is 12.8 Å². The average molecular weight is 301 g/mol. The summed E-state index contributed by atoms with van der Waals surface area (Å²) in [6, 6.07) is 8.18. The molecule has 2 heterocycles. The van der Waals surface area contributed by atoms with E-state index < -0.39 is 0 Å². The molecule has 0 aliphatic carbocycles. The van der Waals surface area contributed by atoms with Gasteiger partial charge in [-0.05, 0) is 57.0 Å². The summed E-state index contributed by atoms with van der Waals surface area (Å²) >= 11 is 0. The molecule has 0 spiro atoms. The van der Waals surface area contributed by atoms with E-state index in [9.17, 15) is 0 Å². The molecule has 118 valence electrons. The Morgan fingerprint density at radius 3 is 2.95 bits per heavy atom. The molecular weight excluding hydrogens is 278 g/mol. The second-order valence-electron chi connectivity index (χ2n) is 5.65. The molecule has 0 atom stereocenters. The molecule has 0 amide bonds. The molecule has 2 aromatic rings. The van der Waals surface area contributed by atoms with E-state index in [2.05, 4.69) is 27.6 Å². The second kappa shape index (κ2) is 7.40. The van der Waals surface area contributed by atoms with Crippen molar-refractivity contribution < 1.29 is 9.26 Å². The zero-order valence-electron chi connectivity index (χ0n) is 13.0. The fourth-order valence-corrected chi connectivity index (χ4v) is 2.82. The molecule has 5 heteroatoms. The molecule has 0 bridgehead atoms. The molecule has 1 saturated heterocycles. The summed E-state index contributed by atoms with van der Waals surface area (Å²) < 4.78 is 10.9. The maximum atomic E-state index is 5.52. The molecule has 3 rings (SSSR count). The van der Waals surface area contributed by atoms with Crippen LogP contribution in [0.4, 0.5) is 0 Å². The Kier molecular flexibility index (Phi) is 5.06. The summed E-state index contributed by atoms with van der Waals surface area (Å²) in [5, 5.41) is 7.52. The fourth-order valence-electron chi connectivity index (χ4n) is 2.82. The van der Waals surface area contributed by atoms with Crippen molar-refractivity contribution in [2.24, 2.45) is 0 Å². The van der Waals surface area contributed by atoms with Gasteiger partial charge in [-0.1, -0.05) is 17.3 Å². The number of nitrogens with zero attached hydrogens (tertiary/aromatic N) is 2. The first-order chi connectivity index (χ1) is 10.8. The number of ether oxygens (including phenoxy) is 1. The van der Waals surface area contributed by atoms with Crippen molar-refractivity contribution in [3.8, 4) is 5.75 Å². The topological polar surface area (TPSA) is 60.2 Å². The first kappa shape index (κ1) is 15.0. The van der Waals surface area contributed by atoms with E-state index in [-0.39, 0.29) is 0 Å². The predicted molar refractivity (Wildman–Crippen MR) is 84.2 cm³/mol. The SMILES string of the molecule is CCOc1cccc(CCc2nc(C3CCNCC3)no2)c1. The lowest BCUT2D eigenvalue weighted by atomic mass is 9.98. The normalized spacial score (nSPS) is 15.9. The first-order valence-electron chi connectivity index (χ1n) is 8.10. The van der Waals surface area contributed by atoms with Gasteiger partial charge in [-0.25, -0.2) is 0 Å². The van der Waals surface area contributed by atoms with Gasteiger partial charge in [-0.15, -0.1) is 0 Å². The van der Waals surface area contributed by atoms with Gasteiger partial charge >= 0.3 is 0 Å². The Balaban J connectivity index is 1.57. The van der Waals surface area contributed by atoms with E-state index in [1.54, 1.807) is 0 Å². The van der Waals surface area contributed by atoms with E-state index in [4.69, 9.17) is 9.26 Å². The van der Waals surface area contributed by atoms with Crippen molar-refractivity contribution in [2.45, 2.75) is 38.5 Å². The van der Waals surface area contributed by atoms with Crippen LogP contribution in [0.15, 0.2) is 28.8 Å². The highest BCUT2D eigenvalue weighted by atomic mass is 16.5. The standard InChI is InChI=1S/C17H23N3O2/c1-2-21-15-5-3-4-13(12-15)6-7-16-19-17(20-22-16)14-8-10-18-11-9-14/h3-5,12,14,18H,2,6-11H2,1H3. The zero-order valence-corrected chi connectivity index (χ0v) is 13.0. The highest BCUT2D eigenvalue weighted by Crippen LogP contribution is 2.22. The number of aryl methyl sites for hydroxylation is 2. The molecule has 0 unspecified atom stereocenters. The lowest BCUT2D eigenvalue weighted by molar-refractivity contribution is 0.339. The van der Waals surface area contributed by atoms with E-state index >= 15 is 0 Å². The third-order valence-electron chi connectivity index (χ3n) is 4.03. The lowest BCUT2D eigenvalue weighted by Gasteiger charge is -2.18. The second-order valence-corrected chi connectivity index (χ2v) is 5.65. The van der Waals surface area contributed by atoms with Crippen molar-refractivity contribution in [3.63, 3.8) is 0 Å². The summed E-state index contributed by atoms with van der Waals surface area (Å²) in [6.45, 7) is 4.76. The smallest absolute Gasteiger partial charge is 0.226 e. The third-order valence-corrected chi connectivity index (χ3v) is 4.03. The maximum absolute atomic E-state index is 5.52. The van der Waals surface area contributed by atoms with Crippen LogP contribution in [0, 0.1) is 0 Å². The highest BCUT2D eigenvalue weighted by Gasteiger charge is 2.20. The number of benzene rings is 1. The molecule has 1 fully saturated rings. The predicted octanol–water partition coefficient (Wildman–Crippen LogP) is 2.72. The van der Waals surface area contributed by atoms with Gasteiger partial charge in [0.2, 0.25) is 5.89 Å². The summed E-state index contributed by atoms with van der Waals surface area (Å²) in [7, 11) is 0. The number of hydrogen-bond acceptors (Lipinski definition) is 5. The quantitative estimate of drug-likeness (QED) is 0.889. The number of nitrogens with one attached hydrogen (secondary N) is 1. The summed E-state index contributed by atoms with van der Waals surface area (Å²) in [6.07, 6.45) is 3.84. The molecule has 1 aromatic carbocycles. The Morgan fingerprint density at radius 1 is 1.27 bits per heavy atom. The monoisotopic (exact) mass is 301 g/mol. The Morgan fingerprint density at radius 2 is 2.14 bits per heavy atom. The van der Waals surface area contributed by atoms with Crippen LogP contribution >= 0.6 is 0 Å². The van der Waals surface area contributed by atoms with Gasteiger partial charge in [-0.2, -0.15) is 4.98 Å². The van der Waals surface area contributed by atoms with Crippen molar-refractivity contribution in [2.75, 3.05) is 19.7 Å². The highest BCUT2D eigenvalue weighted by molar-refractivity contribution is 5.28. The van der Waals surface area contributed by atoms with Crippen LogP contribution < -0.4 is 10.1 Å². The van der Waals surface area contributed by atoms with Gasteiger partial charge in [0.15, 0.2) is 5.82 Å². The molecule has 0 saturated carbocycles. The largest absolute Gasteiger partial charge is 0.494 e. The van der Waals surface area contributed by atoms with Crippen LogP contribution in [0.2, 0.25) is 0 Å². The van der Waals surface area contributed by atoms with E-state index in [1.807, 2.05) is 19.1 Å². The van der Waals surface area contributed by atoms with Crippen LogP contribution in [0.5, 0.6) is 5.75 Å². The Hall–Kier alpha value is -1.88. The van der Waals surface area contributed by atoms with Crippen LogP contribution in [-0.4, -0.2) is 29.8 Å². The third kappa shape index (κ3) is 3.85. The summed E-state index contributed by atoms with van der Waals surface area (Å²) in [5.41, 5.74) is 1.23. The van der Waals surface area contributed by atoms with Gasteiger partial charge in [0.1, 0.15) is 5.75 Å². The average Bonchev–Trinajstić information content (AvgIpc) is 3.04. The zero-order chi connectivity index (χ0) is 15.2. The summed E-state index contributed by atoms with van der Waals surface area (Å²) in [4.78, 5) is 4.57. The van der Waals surface area contributed by atoms with Gasteiger partial charge in [0.05, 0.1) is 6.61 Å². The van der Waals surface area contributed by atoms with Crippen molar-refractivity contribution in [3.05, 3.63) is 41.5 Å². The molecule has 1 aliphatic heterocycles. The fraction of sp³-hybridized carbons (Fsp3) is 0.529. The van der Waals surface area contributed by atoms with Gasteiger partial charge in [0.25, 0.3) is 0 Å². The van der Waals surface area contributed by atoms with Gasteiger partial charge in [-0.3, -0.25) is 0 Å². The minimum Gasteiger partial charge on any atom is -0.494 e. The van der Waals surface area contributed by atoms with Crippen molar-refractivity contribution >= 4 is 0 Å². The van der Waals surface area contributed by atoms with E-state index in [1.165, 1.54) is 5.56 Å². The lowest BCUT2D eigenvalue weighted by Crippen LogP contribution is -2.27. The number of hydrogen-bond donors (Lipinski definition) is 1. The van der Waals surface area contributed by atoms with Crippen molar-refractivity contribution in [1.29, 1.82) is 0 Å². The summed E-state index contributed by atoms with van der Waals surface area (Å²) in [5.74, 6) is 2.97. The van der Waals surface area contributed by atoms with Crippen LogP contribution in [0.1, 0.15) is 43.0 Å². The number of piperidine rings is 1. The number of rotatable bonds is 6. The molecule has 1 aromatic heterocycles. The Labute approximate surface area is 131 Å². The van der Waals surface area contributed by atoms with Crippen LogP contribution in [0.3, 0.4) is 0 Å². The molecular formula is C17H23N3O2. The van der Waals surface area contributed by atoms with Gasteiger partial charge < -0.3 is 14.6 Å². The van der Waals surface area contributed by atoms with Gasteiger partial charge in [0, 0.05) is 12.3 Å². The molecule has 1 N–H and O–H groups in total. The molecule has 1 aliphatic rings. The maximum Gasteiger partial charge on any atom is 0.226 e. The first-order valence-corrected chi connectivity index (χ1v) is 8.10. The van der Waals surface area contributed by atoms with E-state index in [0.29, 0.717) is 12.5 Å². The Bertz CT molecular complexity index is 591. The van der Waals surface area contributed by atoms with Crippen molar-refractivity contribution in [1.82, 2.24) is 15.5 Å². The van der Waals surface area contributed by atoms with Crippen LogP contribution in [0.25, 0.3) is 0 Å².